The highest BCUT2D eigenvalue weighted by atomic mass is 19.4. The number of allylic oxidation sites excluding steroid dienone is 3. The molecule has 1 aliphatic carbocycles. The van der Waals surface area contributed by atoms with E-state index in [2.05, 4.69) is 0 Å². The molecule has 2 rings (SSSR count). The van der Waals surface area contributed by atoms with Crippen LogP contribution < -0.4 is 4.74 Å². The van der Waals surface area contributed by atoms with E-state index in [9.17, 15) is 22.8 Å². The molecule has 0 heterocycles. The molecule has 0 spiro atoms. The van der Waals surface area contributed by atoms with Crippen molar-refractivity contribution < 1.29 is 32.2 Å². The number of halogens is 3. The lowest BCUT2D eigenvalue weighted by Gasteiger charge is -2.13. The molecule has 0 bridgehead atoms. The molecule has 0 saturated heterocycles. The van der Waals surface area contributed by atoms with Crippen LogP contribution >= 0.6 is 0 Å². The van der Waals surface area contributed by atoms with Crippen molar-refractivity contribution in [3.63, 3.8) is 0 Å². The van der Waals surface area contributed by atoms with Crippen LogP contribution in [0.4, 0.5) is 13.2 Å². The summed E-state index contributed by atoms with van der Waals surface area (Å²) in [5.41, 5.74) is -0.730. The lowest BCUT2D eigenvalue weighted by atomic mass is 9.91. The fourth-order valence-electron chi connectivity index (χ4n) is 3.80. The number of ketones is 1. The maximum Gasteiger partial charge on any atom is 0.416 e. The van der Waals surface area contributed by atoms with Crippen LogP contribution in [0.5, 0.6) is 5.75 Å². The fourth-order valence-corrected chi connectivity index (χ4v) is 3.80. The number of hydrogen-bond acceptors (Lipinski definition) is 4. The summed E-state index contributed by atoms with van der Waals surface area (Å²) in [4.78, 5) is 23.7. The van der Waals surface area contributed by atoms with Crippen LogP contribution in [-0.4, -0.2) is 24.5 Å². The van der Waals surface area contributed by atoms with E-state index < -0.39 is 11.7 Å². The highest BCUT2D eigenvalue weighted by molar-refractivity contribution is 5.83. The molecular formula is C26H33F3O4. The Labute approximate surface area is 193 Å². The largest absolute Gasteiger partial charge is 0.493 e. The molecule has 2 atom stereocenters. The van der Waals surface area contributed by atoms with Crippen LogP contribution in [-0.2, 0) is 20.5 Å². The van der Waals surface area contributed by atoms with Crippen molar-refractivity contribution in [2.45, 2.75) is 71.1 Å². The van der Waals surface area contributed by atoms with E-state index in [1.54, 1.807) is 0 Å². The highest BCUT2D eigenvalue weighted by Crippen LogP contribution is 2.33. The Morgan fingerprint density at radius 2 is 1.97 bits per heavy atom. The number of rotatable bonds is 12. The third-order valence-electron chi connectivity index (χ3n) is 5.43. The summed E-state index contributed by atoms with van der Waals surface area (Å²) in [5.74, 6) is 0.376. The maximum atomic E-state index is 12.8. The second kappa shape index (κ2) is 13.2. The van der Waals surface area contributed by atoms with Gasteiger partial charge in [-0.3, -0.25) is 9.59 Å². The molecule has 0 amide bonds. The first-order valence-corrected chi connectivity index (χ1v) is 11.5. The monoisotopic (exact) mass is 466 g/mol. The summed E-state index contributed by atoms with van der Waals surface area (Å²) in [6.45, 7) is 3.91. The summed E-state index contributed by atoms with van der Waals surface area (Å²) in [7, 11) is 0. The van der Waals surface area contributed by atoms with Gasteiger partial charge in [-0.2, -0.15) is 13.2 Å². The third kappa shape index (κ3) is 9.84. The normalized spacial score (nSPS) is 19.2. The van der Waals surface area contributed by atoms with Crippen molar-refractivity contribution in [1.29, 1.82) is 0 Å². The summed E-state index contributed by atoms with van der Waals surface area (Å²) in [5, 5.41) is 0. The molecule has 7 heteroatoms. The second-order valence-corrected chi connectivity index (χ2v) is 8.50. The topological polar surface area (TPSA) is 52.6 Å². The smallest absolute Gasteiger partial charge is 0.416 e. The van der Waals surface area contributed by atoms with Gasteiger partial charge in [0.1, 0.15) is 11.5 Å². The van der Waals surface area contributed by atoms with Gasteiger partial charge in [0.05, 0.1) is 18.3 Å². The van der Waals surface area contributed by atoms with Crippen molar-refractivity contribution >= 4 is 11.8 Å². The molecule has 182 valence electrons. The number of benzene rings is 1. The fraction of sp³-hybridized carbons (Fsp3) is 0.538. The summed E-state index contributed by atoms with van der Waals surface area (Å²) >= 11 is 0. The van der Waals surface area contributed by atoms with Crippen molar-refractivity contribution in [2.75, 3.05) is 6.61 Å². The zero-order valence-corrected chi connectivity index (χ0v) is 19.3. The molecule has 1 fully saturated rings. The van der Waals surface area contributed by atoms with E-state index in [1.165, 1.54) is 12.1 Å². The number of carbonyl (C=O) groups is 2. The summed E-state index contributed by atoms with van der Waals surface area (Å²) < 4.78 is 48.8. The summed E-state index contributed by atoms with van der Waals surface area (Å²) in [6.07, 6.45) is 7.97. The van der Waals surface area contributed by atoms with Crippen LogP contribution in [0.25, 0.3) is 0 Å². The molecule has 33 heavy (non-hydrogen) atoms. The Morgan fingerprint density at radius 1 is 1.18 bits per heavy atom. The lowest BCUT2D eigenvalue weighted by molar-refractivity contribution is -0.147. The van der Waals surface area contributed by atoms with Crippen LogP contribution in [0, 0.1) is 11.8 Å². The molecule has 1 aromatic rings. The number of hydrogen-bond donors (Lipinski definition) is 0. The molecule has 1 aliphatic rings. The van der Waals surface area contributed by atoms with Gasteiger partial charge in [-0.25, -0.2) is 0 Å². The first-order chi connectivity index (χ1) is 15.7. The number of unbranched alkanes of at least 4 members (excludes halogenated alkanes) is 1. The summed E-state index contributed by atoms with van der Waals surface area (Å²) in [6, 6.07) is 4.84. The second-order valence-electron chi connectivity index (χ2n) is 8.50. The van der Waals surface area contributed by atoms with E-state index >= 15 is 0 Å². The van der Waals surface area contributed by atoms with Gasteiger partial charge in [0.15, 0.2) is 0 Å². The van der Waals surface area contributed by atoms with E-state index in [0.717, 1.165) is 31.4 Å². The Hall–Kier alpha value is -2.57. The van der Waals surface area contributed by atoms with E-state index in [0.29, 0.717) is 25.7 Å². The van der Waals surface area contributed by atoms with Crippen LogP contribution in [0.3, 0.4) is 0 Å². The van der Waals surface area contributed by atoms with Gasteiger partial charge < -0.3 is 9.47 Å². The van der Waals surface area contributed by atoms with E-state index in [-0.39, 0.29) is 42.0 Å². The quantitative estimate of drug-likeness (QED) is 0.196. The zero-order valence-electron chi connectivity index (χ0n) is 19.3. The Morgan fingerprint density at radius 3 is 2.70 bits per heavy atom. The van der Waals surface area contributed by atoms with Gasteiger partial charge in [0, 0.05) is 18.8 Å². The SMILES string of the molecule is CC(C)OC(=O)CCC/C=C\C[C@H]1C(=O)CC[C@@H]1/C=C/CCOc1cccc(C(F)(F)F)c1. The number of ether oxygens (including phenoxy) is 2. The average Bonchev–Trinajstić information content (AvgIpc) is 3.09. The van der Waals surface area contributed by atoms with Crippen molar-refractivity contribution in [3.8, 4) is 5.75 Å². The molecular weight excluding hydrogens is 433 g/mol. The van der Waals surface area contributed by atoms with Crippen molar-refractivity contribution in [3.05, 3.63) is 54.1 Å². The minimum Gasteiger partial charge on any atom is -0.493 e. The van der Waals surface area contributed by atoms with Gasteiger partial charge in [-0.15, -0.1) is 0 Å². The molecule has 0 aliphatic heterocycles. The number of esters is 1. The Bertz CT molecular complexity index is 827. The van der Waals surface area contributed by atoms with Crippen LogP contribution in [0.15, 0.2) is 48.6 Å². The van der Waals surface area contributed by atoms with Gasteiger partial charge >= 0.3 is 12.1 Å². The first-order valence-electron chi connectivity index (χ1n) is 11.5. The van der Waals surface area contributed by atoms with Gasteiger partial charge in [-0.05, 0) is 70.1 Å². The molecule has 0 unspecified atom stereocenters. The number of Topliss-reactive ketones (excluding diaryl/α,β-unsaturated/α-hetero) is 1. The first kappa shape index (κ1) is 26.7. The third-order valence-corrected chi connectivity index (χ3v) is 5.43. The van der Waals surface area contributed by atoms with Crippen molar-refractivity contribution in [1.82, 2.24) is 0 Å². The van der Waals surface area contributed by atoms with Crippen LogP contribution in [0.2, 0.25) is 0 Å². The molecule has 0 N–H and O–H groups in total. The molecule has 4 nitrogen and oxygen atoms in total. The van der Waals surface area contributed by atoms with Gasteiger partial charge in [0.25, 0.3) is 0 Å². The molecule has 0 aromatic heterocycles. The number of carbonyl (C=O) groups excluding carboxylic acids is 2. The molecule has 1 aromatic carbocycles. The minimum atomic E-state index is -4.39. The molecule has 1 saturated carbocycles. The zero-order chi connectivity index (χ0) is 24.3. The van der Waals surface area contributed by atoms with Gasteiger partial charge in [0.2, 0.25) is 0 Å². The van der Waals surface area contributed by atoms with Crippen molar-refractivity contribution in [2.24, 2.45) is 11.8 Å². The predicted molar refractivity (Wildman–Crippen MR) is 121 cm³/mol. The lowest BCUT2D eigenvalue weighted by Crippen LogP contribution is -2.12. The minimum absolute atomic E-state index is 0.0483. The number of alkyl halides is 3. The standard InChI is InChI=1S/C26H33F3O4/c1-19(2)33-25(31)14-6-4-3-5-13-23-20(15-16-24(23)30)10-7-8-17-32-22-12-9-11-21(18-22)26(27,28)29/h3,5,7,9-12,18-20,23H,4,6,8,13-17H2,1-2H3/b5-3-,10-7+/t20-,23+/m0/s1. The van der Waals surface area contributed by atoms with Crippen LogP contribution in [0.1, 0.15) is 64.4 Å². The predicted octanol–water partition coefficient (Wildman–Crippen LogP) is 6.69. The highest BCUT2D eigenvalue weighted by Gasteiger charge is 2.32. The molecule has 0 radical (unpaired) electrons. The Balaban J connectivity index is 1.71. The average molecular weight is 467 g/mol. The Kier molecular flexibility index (Phi) is 10.7. The van der Waals surface area contributed by atoms with Gasteiger partial charge in [-0.1, -0.05) is 30.4 Å². The maximum absolute atomic E-state index is 12.8. The van der Waals surface area contributed by atoms with E-state index in [4.69, 9.17) is 9.47 Å². The van der Waals surface area contributed by atoms with E-state index in [1.807, 2.05) is 38.2 Å².